The number of nitrogens with zero attached hydrogens (tertiary/aromatic N) is 6. The van der Waals surface area contributed by atoms with Crippen molar-refractivity contribution in [2.75, 3.05) is 44.2 Å². The van der Waals surface area contributed by atoms with Crippen LogP contribution in [0.4, 0.5) is 5.69 Å². The average Bonchev–Trinajstić information content (AvgIpc) is 3.25. The van der Waals surface area contributed by atoms with E-state index in [1.54, 1.807) is 6.20 Å². The van der Waals surface area contributed by atoms with E-state index in [2.05, 4.69) is 70.0 Å². The molecule has 8 heteroatoms. The number of aromatic nitrogens is 3. The van der Waals surface area contributed by atoms with Gasteiger partial charge in [0.2, 0.25) is 0 Å². The number of fused-ring (bicyclic) bond motifs is 2. The number of rotatable bonds is 4. The van der Waals surface area contributed by atoms with Crippen LogP contribution in [-0.2, 0) is 16.7 Å². The van der Waals surface area contributed by atoms with Crippen molar-refractivity contribution in [1.29, 1.82) is 5.26 Å². The zero-order valence-electron chi connectivity index (χ0n) is 20.7. The molecule has 1 N–H and O–H groups in total. The summed E-state index contributed by atoms with van der Waals surface area (Å²) in [5, 5.41) is 19.0. The molecule has 0 bridgehead atoms. The lowest BCUT2D eigenvalue weighted by Crippen LogP contribution is -2.56. The predicted octanol–water partition coefficient (Wildman–Crippen LogP) is 2.83. The molecule has 2 saturated heterocycles. The van der Waals surface area contributed by atoms with Gasteiger partial charge in [-0.2, -0.15) is 10.4 Å². The minimum atomic E-state index is 0.0862. The first-order valence-electron chi connectivity index (χ1n) is 12.6. The van der Waals surface area contributed by atoms with E-state index in [-0.39, 0.29) is 17.6 Å². The van der Waals surface area contributed by atoms with Crippen molar-refractivity contribution in [3.05, 3.63) is 53.5 Å². The number of nitriles is 1. The van der Waals surface area contributed by atoms with Crippen molar-refractivity contribution in [3.63, 3.8) is 0 Å². The lowest BCUT2D eigenvalue weighted by atomic mass is 9.84. The number of anilines is 1. The lowest BCUT2D eigenvalue weighted by Gasteiger charge is -2.44. The van der Waals surface area contributed by atoms with E-state index < -0.39 is 0 Å². The molecule has 182 valence electrons. The van der Waals surface area contributed by atoms with Crippen molar-refractivity contribution in [2.45, 2.75) is 51.0 Å². The highest BCUT2D eigenvalue weighted by Gasteiger charge is 2.36. The summed E-state index contributed by atoms with van der Waals surface area (Å²) in [6, 6.07) is 10.7. The Balaban J connectivity index is 1.13. The summed E-state index contributed by atoms with van der Waals surface area (Å²) in [6.07, 6.45) is 4.28. The van der Waals surface area contributed by atoms with E-state index in [4.69, 9.17) is 9.84 Å². The Bertz CT molecular complexity index is 1290. The van der Waals surface area contributed by atoms with Gasteiger partial charge in [-0.3, -0.25) is 14.6 Å². The average molecular weight is 472 g/mol. The largest absolute Gasteiger partial charge is 0.370 e. The maximum atomic E-state index is 9.49. The van der Waals surface area contributed by atoms with Gasteiger partial charge in [-0.1, -0.05) is 13.8 Å². The number of benzene rings is 1. The van der Waals surface area contributed by atoms with Gasteiger partial charge in [-0.05, 0) is 31.2 Å². The minimum Gasteiger partial charge on any atom is -0.370 e. The number of ether oxygens (including phenoxy) is 1. The maximum absolute atomic E-state index is 9.49. The zero-order chi connectivity index (χ0) is 24.2. The Hall–Kier alpha value is -2.99. The van der Waals surface area contributed by atoms with Crippen molar-refractivity contribution in [3.8, 4) is 6.07 Å². The Morgan fingerprint density at radius 3 is 2.86 bits per heavy atom. The molecule has 0 aliphatic carbocycles. The van der Waals surface area contributed by atoms with Crippen LogP contribution in [0.1, 0.15) is 43.6 Å². The molecule has 0 spiro atoms. The van der Waals surface area contributed by atoms with Gasteiger partial charge in [0.1, 0.15) is 6.07 Å². The van der Waals surface area contributed by atoms with Crippen molar-refractivity contribution in [1.82, 2.24) is 25.0 Å². The first kappa shape index (κ1) is 22.5. The number of pyridine rings is 1. The molecule has 0 radical (unpaired) electrons. The summed E-state index contributed by atoms with van der Waals surface area (Å²) in [6.45, 7) is 13.2. The highest BCUT2D eigenvalue weighted by Crippen LogP contribution is 2.33. The highest BCUT2D eigenvalue weighted by molar-refractivity contribution is 5.95. The third kappa shape index (κ3) is 4.08. The summed E-state index contributed by atoms with van der Waals surface area (Å²) in [4.78, 5) is 9.37. The zero-order valence-corrected chi connectivity index (χ0v) is 20.7. The second kappa shape index (κ2) is 8.59. The summed E-state index contributed by atoms with van der Waals surface area (Å²) in [5.74, 6) is 0. The number of likely N-dealkylation sites (tertiary alicyclic amines) is 1. The number of nitrogens with one attached hydrogen (secondary N) is 1. The SMILES string of the molecule is C[C@@H]1CN(c2ccc(C#N)c3ncccc23)C[C@H](CN2CC(n3cc4c(n3)C(C)(C)CNC4)C2)O1. The van der Waals surface area contributed by atoms with Gasteiger partial charge in [0.15, 0.2) is 0 Å². The molecule has 5 heterocycles. The quantitative estimate of drug-likeness (QED) is 0.627. The molecule has 3 aliphatic rings. The molecular weight excluding hydrogens is 438 g/mol. The molecule has 35 heavy (non-hydrogen) atoms. The molecular formula is C27H33N7O. The van der Waals surface area contributed by atoms with Crippen LogP contribution in [0.15, 0.2) is 36.7 Å². The van der Waals surface area contributed by atoms with Gasteiger partial charge >= 0.3 is 0 Å². The Labute approximate surface area is 206 Å². The van der Waals surface area contributed by atoms with Crippen LogP contribution >= 0.6 is 0 Å². The summed E-state index contributed by atoms with van der Waals surface area (Å²) >= 11 is 0. The minimum absolute atomic E-state index is 0.0862. The smallest absolute Gasteiger partial charge is 0.101 e. The van der Waals surface area contributed by atoms with Gasteiger partial charge in [0, 0.05) is 80.3 Å². The van der Waals surface area contributed by atoms with Gasteiger partial charge in [0.25, 0.3) is 0 Å². The van der Waals surface area contributed by atoms with Crippen LogP contribution in [0.3, 0.4) is 0 Å². The number of morpholine rings is 1. The summed E-state index contributed by atoms with van der Waals surface area (Å²) in [7, 11) is 0. The number of hydrogen-bond donors (Lipinski definition) is 1. The van der Waals surface area contributed by atoms with Crippen LogP contribution in [-0.4, -0.2) is 71.1 Å². The molecule has 8 nitrogen and oxygen atoms in total. The molecule has 2 aromatic heterocycles. The molecule has 0 amide bonds. The van der Waals surface area contributed by atoms with E-state index in [1.165, 1.54) is 11.3 Å². The molecule has 3 aromatic rings. The fraction of sp³-hybridized carbons (Fsp3) is 0.519. The second-order valence-corrected chi connectivity index (χ2v) is 11.0. The van der Waals surface area contributed by atoms with Gasteiger partial charge in [0.05, 0.1) is 35.0 Å². The van der Waals surface area contributed by atoms with Crippen LogP contribution in [0, 0.1) is 11.3 Å². The molecule has 2 atom stereocenters. The molecule has 0 unspecified atom stereocenters. The van der Waals surface area contributed by atoms with E-state index in [1.807, 2.05) is 12.1 Å². The second-order valence-electron chi connectivity index (χ2n) is 11.0. The first-order chi connectivity index (χ1) is 16.9. The van der Waals surface area contributed by atoms with E-state index in [0.29, 0.717) is 11.6 Å². The molecule has 6 rings (SSSR count). The normalized spacial score (nSPS) is 24.7. The molecule has 3 aliphatic heterocycles. The third-order valence-corrected chi connectivity index (χ3v) is 7.64. The van der Waals surface area contributed by atoms with Crippen molar-refractivity contribution in [2.24, 2.45) is 0 Å². The van der Waals surface area contributed by atoms with E-state index in [9.17, 15) is 5.26 Å². The van der Waals surface area contributed by atoms with Crippen LogP contribution < -0.4 is 10.2 Å². The van der Waals surface area contributed by atoms with Crippen LogP contribution in [0.5, 0.6) is 0 Å². The fourth-order valence-corrected chi connectivity index (χ4v) is 5.92. The maximum Gasteiger partial charge on any atom is 0.101 e. The fourth-order valence-electron chi connectivity index (χ4n) is 5.92. The molecule has 1 aromatic carbocycles. The predicted molar refractivity (Wildman–Crippen MR) is 135 cm³/mol. The monoisotopic (exact) mass is 471 g/mol. The lowest BCUT2D eigenvalue weighted by molar-refractivity contribution is -0.0490. The third-order valence-electron chi connectivity index (χ3n) is 7.64. The van der Waals surface area contributed by atoms with E-state index in [0.717, 1.165) is 62.4 Å². The Kier molecular flexibility index (Phi) is 5.52. The number of hydrogen-bond acceptors (Lipinski definition) is 7. The van der Waals surface area contributed by atoms with Gasteiger partial charge in [-0.15, -0.1) is 0 Å². The van der Waals surface area contributed by atoms with E-state index >= 15 is 0 Å². The van der Waals surface area contributed by atoms with Crippen molar-refractivity contribution < 1.29 is 4.74 Å². The van der Waals surface area contributed by atoms with Crippen molar-refractivity contribution >= 4 is 16.6 Å². The molecule has 0 saturated carbocycles. The highest BCUT2D eigenvalue weighted by atomic mass is 16.5. The van der Waals surface area contributed by atoms with Crippen LogP contribution in [0.2, 0.25) is 0 Å². The topological polar surface area (TPSA) is 82.2 Å². The summed E-state index contributed by atoms with van der Waals surface area (Å²) < 4.78 is 8.55. The first-order valence-corrected chi connectivity index (χ1v) is 12.6. The van der Waals surface area contributed by atoms with Gasteiger partial charge < -0.3 is 15.0 Å². The van der Waals surface area contributed by atoms with Crippen LogP contribution in [0.25, 0.3) is 10.9 Å². The van der Waals surface area contributed by atoms with Gasteiger partial charge in [-0.25, -0.2) is 0 Å². The Morgan fingerprint density at radius 1 is 1.20 bits per heavy atom. The Morgan fingerprint density at radius 2 is 2.06 bits per heavy atom. The summed E-state index contributed by atoms with van der Waals surface area (Å²) in [5.41, 5.74) is 5.19. The molecule has 2 fully saturated rings. The standard InChI is InChI=1S/C27H33N7O/c1-18-11-33(24-7-6-19(9-28)25-23(24)5-4-8-30-25)16-22(35-18)15-32-13-21(14-32)34-12-20-10-29-17-27(2,3)26(20)31-34/h4-8,12,18,21-22,29H,10-11,13-17H2,1-3H3/t18-,22+/m1/s1.